The molecular weight excluding hydrogens is 313 g/mol. The van der Waals surface area contributed by atoms with Crippen LogP contribution < -0.4 is 0 Å². The monoisotopic (exact) mass is 319 g/mol. The zero-order valence-electron chi connectivity index (χ0n) is 8.41. The number of rotatable bonds is 2. The van der Waals surface area contributed by atoms with E-state index in [0.717, 1.165) is 16.9 Å². The van der Waals surface area contributed by atoms with Crippen LogP contribution in [0.3, 0.4) is 0 Å². The summed E-state index contributed by atoms with van der Waals surface area (Å²) in [5.74, 6) is 0. The first kappa shape index (κ1) is 11.9. The third kappa shape index (κ3) is 2.24. The highest BCUT2D eigenvalue weighted by Gasteiger charge is 2.08. The molecule has 1 aromatic heterocycles. The number of hydrogen-bond acceptors (Lipinski definition) is 2. The highest BCUT2D eigenvalue weighted by Crippen LogP contribution is 2.27. The van der Waals surface area contributed by atoms with Crippen LogP contribution in [0.2, 0.25) is 10.0 Å². The third-order valence-corrected chi connectivity index (χ3v) is 3.44. The predicted octanol–water partition coefficient (Wildman–Crippen LogP) is 3.78. The van der Waals surface area contributed by atoms with E-state index in [1.165, 1.54) is 0 Å². The number of alkyl halides is 1. The summed E-state index contributed by atoms with van der Waals surface area (Å²) in [5, 5.41) is 9.87. The van der Waals surface area contributed by atoms with E-state index in [-0.39, 0.29) is 0 Å². The first-order chi connectivity index (χ1) is 7.61. The number of benzene rings is 1. The molecule has 0 amide bonds. The molecule has 0 saturated carbocycles. The summed E-state index contributed by atoms with van der Waals surface area (Å²) in [4.78, 5) is 0. The number of aromatic nitrogens is 3. The van der Waals surface area contributed by atoms with E-state index in [4.69, 9.17) is 23.2 Å². The summed E-state index contributed by atoms with van der Waals surface area (Å²) >= 11 is 15.5. The molecule has 0 aliphatic rings. The van der Waals surface area contributed by atoms with Crippen molar-refractivity contribution in [1.82, 2.24) is 15.0 Å². The molecular formula is C10H8BrCl2N3. The summed E-state index contributed by atoms with van der Waals surface area (Å²) in [6, 6.07) is 3.60. The molecule has 0 spiro atoms. The number of nitrogens with zero attached hydrogens (tertiary/aromatic N) is 3. The van der Waals surface area contributed by atoms with E-state index in [2.05, 4.69) is 26.2 Å². The predicted molar refractivity (Wildman–Crippen MR) is 68.7 cm³/mol. The average Bonchev–Trinajstić information content (AvgIpc) is 2.71. The van der Waals surface area contributed by atoms with Gasteiger partial charge in [0.2, 0.25) is 0 Å². The highest BCUT2D eigenvalue weighted by atomic mass is 79.9. The van der Waals surface area contributed by atoms with Crippen LogP contribution in [0, 0.1) is 6.92 Å². The summed E-state index contributed by atoms with van der Waals surface area (Å²) < 4.78 is 1.62. The lowest BCUT2D eigenvalue weighted by atomic mass is 10.2. The second-order valence-electron chi connectivity index (χ2n) is 3.34. The maximum absolute atomic E-state index is 6.13. The van der Waals surface area contributed by atoms with E-state index in [9.17, 15) is 0 Å². The van der Waals surface area contributed by atoms with Gasteiger partial charge in [0.05, 0.1) is 22.6 Å². The lowest BCUT2D eigenvalue weighted by Crippen LogP contribution is -1.96. The molecule has 1 aromatic carbocycles. The van der Waals surface area contributed by atoms with Crippen molar-refractivity contribution in [3.8, 4) is 5.69 Å². The lowest BCUT2D eigenvalue weighted by molar-refractivity contribution is 0.800. The van der Waals surface area contributed by atoms with Gasteiger partial charge in [0.25, 0.3) is 0 Å². The molecule has 0 atom stereocenters. The van der Waals surface area contributed by atoms with Crippen LogP contribution in [0.15, 0.2) is 18.3 Å². The smallest absolute Gasteiger partial charge is 0.0937 e. The maximum Gasteiger partial charge on any atom is 0.0937 e. The molecule has 2 rings (SSSR count). The van der Waals surface area contributed by atoms with Crippen LogP contribution in [0.4, 0.5) is 0 Å². The SMILES string of the molecule is Cc1cc(Cl)c(-n2cc(CBr)nn2)cc1Cl. The van der Waals surface area contributed by atoms with Gasteiger partial charge in [-0.25, -0.2) is 4.68 Å². The molecule has 2 aromatic rings. The van der Waals surface area contributed by atoms with Crippen LogP contribution in [-0.4, -0.2) is 15.0 Å². The van der Waals surface area contributed by atoms with Gasteiger partial charge in [0, 0.05) is 10.4 Å². The average molecular weight is 321 g/mol. The summed E-state index contributed by atoms with van der Waals surface area (Å²) in [5.41, 5.74) is 2.51. The largest absolute Gasteiger partial charge is 0.219 e. The molecule has 0 saturated heterocycles. The van der Waals surface area contributed by atoms with E-state index < -0.39 is 0 Å². The standard InChI is InChI=1S/C10H8BrCl2N3/c1-6-2-9(13)10(3-8(6)12)16-5-7(4-11)14-15-16/h2-3,5H,4H2,1H3. The number of aryl methyl sites for hydroxylation is 1. The Hall–Kier alpha value is -0.580. The van der Waals surface area contributed by atoms with Crippen LogP contribution in [-0.2, 0) is 5.33 Å². The van der Waals surface area contributed by atoms with Crippen molar-refractivity contribution in [3.05, 3.63) is 39.6 Å². The van der Waals surface area contributed by atoms with Crippen LogP contribution in [0.25, 0.3) is 5.69 Å². The quantitative estimate of drug-likeness (QED) is 0.788. The van der Waals surface area contributed by atoms with Crippen LogP contribution in [0.1, 0.15) is 11.3 Å². The zero-order chi connectivity index (χ0) is 11.7. The van der Waals surface area contributed by atoms with Gasteiger partial charge in [-0.1, -0.05) is 44.3 Å². The Bertz CT molecular complexity index is 525. The molecule has 0 aliphatic carbocycles. The third-order valence-electron chi connectivity index (χ3n) is 2.15. The van der Waals surface area contributed by atoms with Crippen molar-refractivity contribution in [2.45, 2.75) is 12.3 Å². The van der Waals surface area contributed by atoms with Gasteiger partial charge in [-0.05, 0) is 24.6 Å². The number of halogens is 3. The molecule has 0 radical (unpaired) electrons. The van der Waals surface area contributed by atoms with Gasteiger partial charge in [-0.2, -0.15) is 0 Å². The topological polar surface area (TPSA) is 30.7 Å². The van der Waals surface area contributed by atoms with Crippen molar-refractivity contribution in [2.24, 2.45) is 0 Å². The second kappa shape index (κ2) is 4.73. The van der Waals surface area contributed by atoms with Gasteiger partial charge in [-0.15, -0.1) is 5.10 Å². The molecule has 1 heterocycles. The second-order valence-corrected chi connectivity index (χ2v) is 4.72. The van der Waals surface area contributed by atoms with Gasteiger partial charge < -0.3 is 0 Å². The summed E-state index contributed by atoms with van der Waals surface area (Å²) in [7, 11) is 0. The van der Waals surface area contributed by atoms with Gasteiger partial charge in [0.15, 0.2) is 0 Å². The molecule has 3 nitrogen and oxygen atoms in total. The molecule has 0 N–H and O–H groups in total. The van der Waals surface area contributed by atoms with E-state index in [0.29, 0.717) is 15.4 Å². The molecule has 16 heavy (non-hydrogen) atoms. The van der Waals surface area contributed by atoms with Crippen molar-refractivity contribution in [2.75, 3.05) is 0 Å². The normalized spacial score (nSPS) is 10.8. The van der Waals surface area contributed by atoms with Crippen molar-refractivity contribution in [1.29, 1.82) is 0 Å². The van der Waals surface area contributed by atoms with Crippen molar-refractivity contribution in [3.63, 3.8) is 0 Å². The fraction of sp³-hybridized carbons (Fsp3) is 0.200. The van der Waals surface area contributed by atoms with Crippen molar-refractivity contribution < 1.29 is 0 Å². The van der Waals surface area contributed by atoms with Crippen molar-refractivity contribution >= 4 is 39.1 Å². The fourth-order valence-corrected chi connectivity index (χ4v) is 2.01. The minimum atomic E-state index is 0.605. The van der Waals surface area contributed by atoms with Gasteiger partial charge in [-0.3, -0.25) is 0 Å². The van der Waals surface area contributed by atoms with Gasteiger partial charge >= 0.3 is 0 Å². The van der Waals surface area contributed by atoms with E-state index >= 15 is 0 Å². The molecule has 84 valence electrons. The Balaban J connectivity index is 2.51. The molecule has 6 heteroatoms. The Morgan fingerprint density at radius 1 is 1.31 bits per heavy atom. The first-order valence-corrected chi connectivity index (χ1v) is 6.42. The minimum Gasteiger partial charge on any atom is -0.219 e. The highest BCUT2D eigenvalue weighted by molar-refractivity contribution is 9.08. The Morgan fingerprint density at radius 2 is 2.06 bits per heavy atom. The summed E-state index contributed by atoms with van der Waals surface area (Å²) in [6.45, 7) is 1.91. The van der Waals surface area contributed by atoms with E-state index in [1.807, 2.05) is 19.2 Å². The zero-order valence-corrected chi connectivity index (χ0v) is 11.5. The first-order valence-electron chi connectivity index (χ1n) is 4.55. The lowest BCUT2D eigenvalue weighted by Gasteiger charge is -2.06. The van der Waals surface area contributed by atoms with Gasteiger partial charge in [0.1, 0.15) is 0 Å². The Labute approximate surface area is 111 Å². The Kier molecular flexibility index (Phi) is 3.52. The minimum absolute atomic E-state index is 0.605. The maximum atomic E-state index is 6.13. The fourth-order valence-electron chi connectivity index (χ4n) is 1.29. The molecule has 0 unspecified atom stereocenters. The molecule has 0 fully saturated rings. The summed E-state index contributed by atoms with van der Waals surface area (Å²) in [6.07, 6.45) is 1.81. The van der Waals surface area contributed by atoms with Crippen LogP contribution in [0.5, 0.6) is 0 Å². The molecule has 0 bridgehead atoms. The van der Waals surface area contributed by atoms with Crippen LogP contribution >= 0.6 is 39.1 Å². The van der Waals surface area contributed by atoms with E-state index in [1.54, 1.807) is 10.7 Å². The Morgan fingerprint density at radius 3 is 2.69 bits per heavy atom. The molecule has 0 aliphatic heterocycles. The number of hydrogen-bond donors (Lipinski definition) is 0.